The number of thioether (sulfide) groups is 2. The molecule has 3 aliphatic rings. The summed E-state index contributed by atoms with van der Waals surface area (Å²) in [6.45, 7) is 2.26. The smallest absolute Gasteiger partial charge is 0.266 e. The maximum Gasteiger partial charge on any atom is 0.266 e. The highest BCUT2D eigenvalue weighted by atomic mass is 32.2. The van der Waals surface area contributed by atoms with Crippen molar-refractivity contribution in [2.24, 2.45) is 4.99 Å². The lowest BCUT2D eigenvalue weighted by Gasteiger charge is -2.14. The summed E-state index contributed by atoms with van der Waals surface area (Å²) in [7, 11) is 0. The molecule has 0 saturated carbocycles. The number of carbonyl (C=O) groups is 2. The fourth-order valence-corrected chi connectivity index (χ4v) is 5.15. The molecule has 8 heteroatoms. The fourth-order valence-electron chi connectivity index (χ4n) is 2.88. The highest BCUT2D eigenvalue weighted by molar-refractivity contribution is 8.26. The Balaban J connectivity index is 1.33. The van der Waals surface area contributed by atoms with Crippen LogP contribution in [0.25, 0.3) is 6.08 Å². The van der Waals surface area contributed by atoms with Gasteiger partial charge in [0.15, 0.2) is 5.17 Å². The van der Waals surface area contributed by atoms with Crippen LogP contribution >= 0.6 is 35.7 Å². The molecule has 1 saturated heterocycles. The average Bonchev–Trinajstić information content (AvgIpc) is 3.22. The standard InChI is InChI=1S/C21H17N3O2S3/c1-13-6-8-14(9-7-13)12-17-19(26)24(21(27)29-17)11-10-18(25)23-20-22-15-4-2-3-5-16(15)28-20/h2,4-9,12,16H,10-11H2,1H3,(H,22,23,25). The van der Waals surface area contributed by atoms with Crippen molar-refractivity contribution < 1.29 is 9.59 Å². The van der Waals surface area contributed by atoms with Gasteiger partial charge >= 0.3 is 0 Å². The van der Waals surface area contributed by atoms with Crippen molar-refractivity contribution in [2.75, 3.05) is 6.54 Å². The van der Waals surface area contributed by atoms with Gasteiger partial charge in [0.25, 0.3) is 5.91 Å². The van der Waals surface area contributed by atoms with Crippen LogP contribution in [0.1, 0.15) is 17.5 Å². The molecule has 29 heavy (non-hydrogen) atoms. The average molecular weight is 440 g/mol. The van der Waals surface area contributed by atoms with Gasteiger partial charge in [0.05, 0.1) is 15.9 Å². The molecule has 0 bridgehead atoms. The van der Waals surface area contributed by atoms with Crippen LogP contribution in [0.3, 0.4) is 0 Å². The number of nitrogens with one attached hydrogen (secondary N) is 1. The van der Waals surface area contributed by atoms with Gasteiger partial charge < -0.3 is 5.32 Å². The van der Waals surface area contributed by atoms with Gasteiger partial charge in [-0.05, 0) is 36.8 Å². The van der Waals surface area contributed by atoms with Crippen molar-refractivity contribution in [3.8, 4) is 0 Å². The maximum absolute atomic E-state index is 12.7. The zero-order chi connectivity index (χ0) is 20.4. The molecule has 5 nitrogen and oxygen atoms in total. The number of fused-ring (bicyclic) bond motifs is 1. The molecule has 1 aliphatic carbocycles. The number of rotatable bonds is 4. The number of amides is 2. The lowest BCUT2D eigenvalue weighted by atomic mass is 10.1. The Labute approximate surface area is 182 Å². The molecule has 146 valence electrons. The van der Waals surface area contributed by atoms with E-state index in [-0.39, 0.29) is 30.0 Å². The van der Waals surface area contributed by atoms with Gasteiger partial charge in [0.1, 0.15) is 4.32 Å². The highest BCUT2D eigenvalue weighted by Crippen LogP contribution is 2.33. The molecule has 4 rings (SSSR count). The van der Waals surface area contributed by atoms with E-state index in [1.807, 2.05) is 49.4 Å². The summed E-state index contributed by atoms with van der Waals surface area (Å²) in [5, 5.41) is 3.49. The van der Waals surface area contributed by atoms with E-state index in [1.165, 1.54) is 28.4 Å². The molecule has 1 atom stereocenters. The summed E-state index contributed by atoms with van der Waals surface area (Å²) in [5.41, 5.74) is 6.04. The first-order valence-corrected chi connectivity index (χ1v) is 11.1. The molecule has 2 amide bonds. The molecule has 1 aromatic carbocycles. The van der Waals surface area contributed by atoms with Crippen LogP contribution in [0.5, 0.6) is 0 Å². The quantitative estimate of drug-likeness (QED) is 0.439. The van der Waals surface area contributed by atoms with E-state index in [9.17, 15) is 9.59 Å². The summed E-state index contributed by atoms with van der Waals surface area (Å²) in [5.74, 6) is -0.350. The minimum Gasteiger partial charge on any atom is -0.305 e. The Kier molecular flexibility index (Phi) is 5.87. The third-order valence-corrected chi connectivity index (χ3v) is 6.84. The summed E-state index contributed by atoms with van der Waals surface area (Å²) in [4.78, 5) is 31.5. The van der Waals surface area contributed by atoms with E-state index in [0.717, 1.165) is 16.8 Å². The first kappa shape index (κ1) is 19.9. The van der Waals surface area contributed by atoms with Crippen LogP contribution in [0.2, 0.25) is 0 Å². The number of thiocarbonyl (C=S) groups is 1. The van der Waals surface area contributed by atoms with E-state index in [4.69, 9.17) is 12.2 Å². The zero-order valence-electron chi connectivity index (χ0n) is 15.5. The van der Waals surface area contributed by atoms with E-state index in [2.05, 4.69) is 16.0 Å². The molecule has 1 unspecified atom stereocenters. The molecule has 1 fully saturated rings. The predicted octanol–water partition coefficient (Wildman–Crippen LogP) is 3.78. The summed E-state index contributed by atoms with van der Waals surface area (Å²) in [6.07, 6.45) is 7.60. The summed E-state index contributed by atoms with van der Waals surface area (Å²) < 4.78 is 0.473. The van der Waals surface area contributed by atoms with Crippen LogP contribution in [0.15, 0.2) is 63.8 Å². The third kappa shape index (κ3) is 4.62. The van der Waals surface area contributed by atoms with Gasteiger partial charge in [-0.3, -0.25) is 14.5 Å². The van der Waals surface area contributed by atoms with Gasteiger partial charge in [0, 0.05) is 13.0 Å². The Morgan fingerprint density at radius 3 is 2.93 bits per heavy atom. The number of amidine groups is 1. The number of aliphatic imine (C=N–C) groups is 1. The Morgan fingerprint density at radius 1 is 1.38 bits per heavy atom. The molecular weight excluding hydrogens is 422 g/mol. The second kappa shape index (κ2) is 8.55. The van der Waals surface area contributed by atoms with Crippen LogP contribution in [-0.4, -0.2) is 38.0 Å². The first-order valence-electron chi connectivity index (χ1n) is 8.99. The molecule has 1 N–H and O–H groups in total. The van der Waals surface area contributed by atoms with Gasteiger partial charge in [-0.1, -0.05) is 65.6 Å². The molecule has 0 aromatic heterocycles. The van der Waals surface area contributed by atoms with Crippen LogP contribution < -0.4 is 5.32 Å². The van der Waals surface area contributed by atoms with Gasteiger partial charge in [0.2, 0.25) is 5.91 Å². The van der Waals surface area contributed by atoms with E-state index in [1.54, 1.807) is 6.08 Å². The number of aryl methyl sites for hydroxylation is 1. The topological polar surface area (TPSA) is 61.8 Å². The van der Waals surface area contributed by atoms with Crippen molar-refractivity contribution in [3.05, 3.63) is 70.0 Å². The van der Waals surface area contributed by atoms with Crippen molar-refractivity contribution in [1.82, 2.24) is 10.2 Å². The lowest BCUT2D eigenvalue weighted by Crippen LogP contribution is -2.34. The van der Waals surface area contributed by atoms with E-state index >= 15 is 0 Å². The molecule has 2 heterocycles. The Morgan fingerprint density at radius 2 is 2.17 bits per heavy atom. The second-order valence-corrected chi connectivity index (χ2v) is 9.40. The molecular formula is C21H17N3O2S3. The highest BCUT2D eigenvalue weighted by Gasteiger charge is 2.32. The number of nitrogens with zero attached hydrogens (tertiary/aromatic N) is 2. The van der Waals surface area contributed by atoms with Crippen molar-refractivity contribution >= 4 is 63.1 Å². The normalized spacial score (nSPS) is 21.5. The summed E-state index contributed by atoms with van der Waals surface area (Å²) in [6, 6.07) is 7.93. The molecule has 2 aliphatic heterocycles. The van der Waals surface area contributed by atoms with Gasteiger partial charge in [-0.2, -0.15) is 0 Å². The SMILES string of the molecule is Cc1ccc(C=C2SC(=S)N(CCC(=O)NC3=NC4=CC=C=CC4S3)C2=O)cc1. The molecule has 0 spiro atoms. The lowest BCUT2D eigenvalue weighted by molar-refractivity contribution is -0.123. The van der Waals surface area contributed by atoms with Crippen LogP contribution in [0, 0.1) is 6.92 Å². The van der Waals surface area contributed by atoms with Crippen molar-refractivity contribution in [2.45, 2.75) is 18.6 Å². The maximum atomic E-state index is 12.7. The number of carbonyl (C=O) groups excluding carboxylic acids is 2. The van der Waals surface area contributed by atoms with E-state index < -0.39 is 0 Å². The van der Waals surface area contributed by atoms with Crippen LogP contribution in [0.4, 0.5) is 0 Å². The minimum absolute atomic E-state index is 0.105. The monoisotopic (exact) mass is 439 g/mol. The number of allylic oxidation sites excluding steroid dienone is 1. The second-order valence-electron chi connectivity index (χ2n) is 6.59. The van der Waals surface area contributed by atoms with Gasteiger partial charge in [-0.25, -0.2) is 4.99 Å². The van der Waals surface area contributed by atoms with Crippen LogP contribution in [-0.2, 0) is 9.59 Å². The van der Waals surface area contributed by atoms with E-state index in [0.29, 0.717) is 14.4 Å². The summed E-state index contributed by atoms with van der Waals surface area (Å²) >= 11 is 8.09. The first-order chi connectivity index (χ1) is 14.0. The number of benzene rings is 1. The predicted molar refractivity (Wildman–Crippen MR) is 123 cm³/mol. The number of hydrogen-bond donors (Lipinski definition) is 1. The van der Waals surface area contributed by atoms with Crippen molar-refractivity contribution in [3.63, 3.8) is 0 Å². The van der Waals surface area contributed by atoms with Gasteiger partial charge in [-0.15, -0.1) is 5.73 Å². The largest absolute Gasteiger partial charge is 0.305 e. The Hall–Kier alpha value is -2.38. The fraction of sp³-hybridized carbons (Fsp3) is 0.190. The molecule has 0 radical (unpaired) electrons. The number of hydrogen-bond acceptors (Lipinski definition) is 6. The minimum atomic E-state index is -0.191. The zero-order valence-corrected chi connectivity index (χ0v) is 18.0. The molecule has 1 aromatic rings. The van der Waals surface area contributed by atoms with Crippen molar-refractivity contribution in [1.29, 1.82) is 0 Å². The third-order valence-electron chi connectivity index (χ3n) is 4.42. The Bertz CT molecular complexity index is 1050.